The molecule has 1 aliphatic heterocycles. The van der Waals surface area contributed by atoms with E-state index in [2.05, 4.69) is 24.5 Å². The molecule has 0 bridgehead atoms. The van der Waals surface area contributed by atoms with Crippen LogP contribution in [0.4, 0.5) is 10.5 Å². The third kappa shape index (κ3) is 5.80. The molecule has 2 N–H and O–H groups in total. The lowest BCUT2D eigenvalue weighted by molar-refractivity contribution is -0.133. The van der Waals surface area contributed by atoms with E-state index in [4.69, 9.17) is 11.6 Å². The normalized spacial score (nSPS) is 18.4. The highest BCUT2D eigenvalue weighted by atomic mass is 35.5. The van der Waals surface area contributed by atoms with Crippen molar-refractivity contribution in [2.24, 2.45) is 5.92 Å². The van der Waals surface area contributed by atoms with E-state index >= 15 is 0 Å². The van der Waals surface area contributed by atoms with Crippen LogP contribution in [0.15, 0.2) is 58.3 Å². The van der Waals surface area contributed by atoms with Crippen molar-refractivity contribution in [1.82, 2.24) is 10.2 Å². The molecule has 0 spiro atoms. The van der Waals surface area contributed by atoms with Crippen LogP contribution < -0.4 is 10.6 Å². The van der Waals surface area contributed by atoms with E-state index < -0.39 is 17.5 Å². The van der Waals surface area contributed by atoms with Gasteiger partial charge in [0, 0.05) is 14.8 Å². The van der Waals surface area contributed by atoms with E-state index in [1.165, 1.54) is 11.8 Å². The molecule has 2 aromatic rings. The summed E-state index contributed by atoms with van der Waals surface area (Å²) in [6.07, 6.45) is 1.34. The Labute approximate surface area is 191 Å². The lowest BCUT2D eigenvalue weighted by atomic mass is 9.92. The van der Waals surface area contributed by atoms with Crippen LogP contribution in [0.1, 0.15) is 33.6 Å². The van der Waals surface area contributed by atoms with Crippen molar-refractivity contribution in [3.63, 3.8) is 0 Å². The fraction of sp³-hybridized carbons (Fsp3) is 0.348. The Morgan fingerprint density at radius 1 is 1.16 bits per heavy atom. The molecule has 0 aromatic heterocycles. The van der Waals surface area contributed by atoms with E-state index in [1.54, 1.807) is 25.1 Å². The first kappa shape index (κ1) is 23.2. The van der Waals surface area contributed by atoms with Crippen molar-refractivity contribution in [2.45, 2.75) is 48.9 Å². The maximum atomic E-state index is 12.8. The Bertz CT molecular complexity index is 980. The molecule has 1 fully saturated rings. The Morgan fingerprint density at radius 3 is 2.52 bits per heavy atom. The molecule has 1 heterocycles. The van der Waals surface area contributed by atoms with Gasteiger partial charge in [0.2, 0.25) is 5.91 Å². The Morgan fingerprint density at radius 2 is 1.84 bits per heavy atom. The Hall–Kier alpha value is -2.51. The number of amides is 4. The number of hydrogen-bond acceptors (Lipinski definition) is 4. The standard InChI is InChI=1S/C23H26ClN3O3S/c1-15(2)12-13-23(3)21(29)27(22(30)26-23)14-20(28)25-18-6-4-5-7-19(18)31-17-10-8-16(24)9-11-17/h4-11,15H,12-14H2,1-3H3,(H,25,28)(H,26,30)/t23-/m0/s1. The van der Waals surface area contributed by atoms with Gasteiger partial charge in [-0.05, 0) is 62.1 Å². The predicted molar refractivity (Wildman–Crippen MR) is 123 cm³/mol. The number of carbonyl (C=O) groups excluding carboxylic acids is 3. The summed E-state index contributed by atoms with van der Waals surface area (Å²) in [5, 5.41) is 6.23. The van der Waals surface area contributed by atoms with Crippen LogP contribution in [0.25, 0.3) is 0 Å². The molecule has 0 aliphatic carbocycles. The number of benzene rings is 2. The molecule has 8 heteroatoms. The number of nitrogens with one attached hydrogen (secondary N) is 2. The molecule has 4 amide bonds. The van der Waals surface area contributed by atoms with Crippen molar-refractivity contribution in [3.05, 3.63) is 53.6 Å². The minimum absolute atomic E-state index is 0.331. The largest absolute Gasteiger partial charge is 0.325 e. The van der Waals surface area contributed by atoms with Crippen molar-refractivity contribution < 1.29 is 14.4 Å². The fourth-order valence-corrected chi connectivity index (χ4v) is 4.29. The highest BCUT2D eigenvalue weighted by molar-refractivity contribution is 7.99. The molecular formula is C23H26ClN3O3S. The van der Waals surface area contributed by atoms with Crippen molar-refractivity contribution in [1.29, 1.82) is 0 Å². The molecule has 0 saturated carbocycles. The number of carbonyl (C=O) groups is 3. The first-order valence-electron chi connectivity index (χ1n) is 10.1. The second kappa shape index (κ2) is 9.75. The van der Waals surface area contributed by atoms with Gasteiger partial charge >= 0.3 is 6.03 Å². The number of nitrogens with zero attached hydrogens (tertiary/aromatic N) is 1. The summed E-state index contributed by atoms with van der Waals surface area (Å²) in [4.78, 5) is 40.7. The number of para-hydroxylation sites is 1. The second-order valence-electron chi connectivity index (χ2n) is 8.19. The first-order valence-corrected chi connectivity index (χ1v) is 11.3. The molecule has 2 aromatic carbocycles. The summed E-state index contributed by atoms with van der Waals surface area (Å²) < 4.78 is 0. The van der Waals surface area contributed by atoms with Crippen LogP contribution in [0.3, 0.4) is 0 Å². The van der Waals surface area contributed by atoms with Gasteiger partial charge in [-0.1, -0.05) is 49.3 Å². The molecular weight excluding hydrogens is 434 g/mol. The molecule has 0 radical (unpaired) electrons. The third-order valence-corrected chi connectivity index (χ3v) is 6.41. The van der Waals surface area contributed by atoms with Gasteiger partial charge in [-0.15, -0.1) is 0 Å². The van der Waals surface area contributed by atoms with Crippen LogP contribution in [-0.2, 0) is 9.59 Å². The van der Waals surface area contributed by atoms with Crippen LogP contribution in [0.5, 0.6) is 0 Å². The zero-order valence-electron chi connectivity index (χ0n) is 17.8. The number of imide groups is 1. The van der Waals surface area contributed by atoms with E-state index in [9.17, 15) is 14.4 Å². The highest BCUT2D eigenvalue weighted by Gasteiger charge is 2.47. The van der Waals surface area contributed by atoms with Crippen molar-refractivity contribution >= 4 is 46.9 Å². The molecule has 1 saturated heterocycles. The molecule has 1 aliphatic rings. The molecule has 31 heavy (non-hydrogen) atoms. The van der Waals surface area contributed by atoms with E-state index in [1.807, 2.05) is 30.3 Å². The number of rotatable bonds is 8. The minimum Gasteiger partial charge on any atom is -0.323 e. The predicted octanol–water partition coefficient (Wildman–Crippen LogP) is 5.18. The topological polar surface area (TPSA) is 78.5 Å². The van der Waals surface area contributed by atoms with Crippen LogP contribution >= 0.6 is 23.4 Å². The average molecular weight is 460 g/mol. The quantitative estimate of drug-likeness (QED) is 0.533. The third-order valence-electron chi connectivity index (χ3n) is 5.07. The number of anilines is 1. The molecule has 164 valence electrons. The Kier molecular flexibility index (Phi) is 7.28. The summed E-state index contributed by atoms with van der Waals surface area (Å²) in [5.74, 6) is -0.383. The van der Waals surface area contributed by atoms with E-state index in [0.717, 1.165) is 21.1 Å². The van der Waals surface area contributed by atoms with Crippen LogP contribution in [0.2, 0.25) is 5.02 Å². The summed E-state index contributed by atoms with van der Waals surface area (Å²) >= 11 is 7.43. The van der Waals surface area contributed by atoms with Crippen LogP contribution in [0, 0.1) is 5.92 Å². The van der Waals surface area contributed by atoms with Gasteiger partial charge in [-0.25, -0.2) is 4.79 Å². The van der Waals surface area contributed by atoms with Crippen LogP contribution in [-0.4, -0.2) is 34.8 Å². The number of urea groups is 1. The second-order valence-corrected chi connectivity index (χ2v) is 9.74. The molecule has 3 rings (SSSR count). The fourth-order valence-electron chi connectivity index (χ4n) is 3.26. The monoisotopic (exact) mass is 459 g/mol. The van der Waals surface area contributed by atoms with E-state index in [-0.39, 0.29) is 12.5 Å². The smallest absolute Gasteiger partial charge is 0.323 e. The number of halogens is 1. The van der Waals surface area contributed by atoms with Gasteiger partial charge in [0.05, 0.1) is 5.69 Å². The Balaban J connectivity index is 1.66. The SMILES string of the molecule is CC(C)CC[C@]1(C)NC(=O)N(CC(=O)Nc2ccccc2Sc2ccc(Cl)cc2)C1=O. The molecule has 6 nitrogen and oxygen atoms in total. The van der Waals surface area contributed by atoms with Gasteiger partial charge in [0.25, 0.3) is 5.91 Å². The van der Waals surface area contributed by atoms with Gasteiger partial charge in [-0.2, -0.15) is 0 Å². The van der Waals surface area contributed by atoms with Gasteiger partial charge < -0.3 is 10.6 Å². The van der Waals surface area contributed by atoms with Crippen molar-refractivity contribution in [3.8, 4) is 0 Å². The lowest BCUT2D eigenvalue weighted by Gasteiger charge is -2.22. The minimum atomic E-state index is -0.968. The summed E-state index contributed by atoms with van der Waals surface area (Å²) in [5.41, 5.74) is -0.355. The zero-order valence-corrected chi connectivity index (χ0v) is 19.3. The average Bonchev–Trinajstić information content (AvgIpc) is 2.93. The molecule has 0 unspecified atom stereocenters. The maximum Gasteiger partial charge on any atom is 0.325 e. The lowest BCUT2D eigenvalue weighted by Crippen LogP contribution is -2.44. The summed E-state index contributed by atoms with van der Waals surface area (Å²) in [6, 6.07) is 14.3. The first-order chi connectivity index (χ1) is 14.7. The summed E-state index contributed by atoms with van der Waals surface area (Å²) in [7, 11) is 0. The van der Waals surface area contributed by atoms with Crippen molar-refractivity contribution in [2.75, 3.05) is 11.9 Å². The highest BCUT2D eigenvalue weighted by Crippen LogP contribution is 2.34. The molecule has 1 atom stereocenters. The van der Waals surface area contributed by atoms with Gasteiger partial charge in [0.1, 0.15) is 12.1 Å². The number of hydrogen-bond donors (Lipinski definition) is 2. The maximum absolute atomic E-state index is 12.8. The van der Waals surface area contributed by atoms with E-state index in [0.29, 0.717) is 23.0 Å². The van der Waals surface area contributed by atoms with Gasteiger partial charge in [0.15, 0.2) is 0 Å². The zero-order chi connectivity index (χ0) is 22.6. The van der Waals surface area contributed by atoms with Gasteiger partial charge in [-0.3, -0.25) is 14.5 Å². The summed E-state index contributed by atoms with van der Waals surface area (Å²) in [6.45, 7) is 5.51.